The van der Waals surface area contributed by atoms with Crippen molar-refractivity contribution < 1.29 is 0 Å². The van der Waals surface area contributed by atoms with Crippen molar-refractivity contribution in [2.45, 2.75) is 46.2 Å². The standard InChI is InChI=1S/C16H25N3S/c1-13(2)16(15-7-6-12-20-15)18-8-4-5-10-19-11-9-17-14(19)3/h6-7,9,11-13,16,18H,4-5,8,10H2,1-3H3/t16-/m1/s1. The molecule has 0 unspecified atom stereocenters. The van der Waals surface area contributed by atoms with Gasteiger partial charge in [0.05, 0.1) is 0 Å². The molecule has 2 aromatic rings. The maximum atomic E-state index is 4.25. The highest BCUT2D eigenvalue weighted by molar-refractivity contribution is 7.10. The van der Waals surface area contributed by atoms with Crippen LogP contribution in [0.5, 0.6) is 0 Å². The van der Waals surface area contributed by atoms with Crippen LogP contribution < -0.4 is 5.32 Å². The van der Waals surface area contributed by atoms with E-state index in [1.54, 1.807) is 0 Å². The van der Waals surface area contributed by atoms with Crippen molar-refractivity contribution in [3.8, 4) is 0 Å². The first-order valence-corrected chi connectivity index (χ1v) is 8.31. The van der Waals surface area contributed by atoms with Crippen molar-refractivity contribution in [3.63, 3.8) is 0 Å². The highest BCUT2D eigenvalue weighted by Crippen LogP contribution is 2.25. The lowest BCUT2D eigenvalue weighted by Crippen LogP contribution is -2.26. The van der Waals surface area contributed by atoms with Gasteiger partial charge in [-0.1, -0.05) is 19.9 Å². The molecule has 0 spiro atoms. The molecule has 0 saturated heterocycles. The average Bonchev–Trinajstić information content (AvgIpc) is 3.05. The van der Waals surface area contributed by atoms with Gasteiger partial charge in [0.25, 0.3) is 0 Å². The molecule has 0 amide bonds. The lowest BCUT2D eigenvalue weighted by atomic mass is 10.0. The molecule has 2 rings (SSSR count). The quantitative estimate of drug-likeness (QED) is 0.744. The molecule has 0 bridgehead atoms. The first kappa shape index (κ1) is 15.3. The minimum absolute atomic E-state index is 0.491. The summed E-state index contributed by atoms with van der Waals surface area (Å²) in [6.45, 7) is 8.77. The maximum absolute atomic E-state index is 4.25. The molecule has 110 valence electrons. The van der Waals surface area contributed by atoms with Crippen LogP contribution in [-0.2, 0) is 6.54 Å². The van der Waals surface area contributed by atoms with Gasteiger partial charge in [-0.25, -0.2) is 4.98 Å². The van der Waals surface area contributed by atoms with Crippen LogP contribution in [0, 0.1) is 12.8 Å². The van der Waals surface area contributed by atoms with Crippen molar-refractivity contribution in [2.24, 2.45) is 5.92 Å². The molecule has 0 radical (unpaired) electrons. The molecular formula is C16H25N3S. The Bertz CT molecular complexity index is 488. The summed E-state index contributed by atoms with van der Waals surface area (Å²) in [5.74, 6) is 1.74. The smallest absolute Gasteiger partial charge is 0.105 e. The Morgan fingerprint density at radius 3 is 2.80 bits per heavy atom. The Labute approximate surface area is 126 Å². The van der Waals surface area contributed by atoms with E-state index in [1.165, 1.54) is 17.7 Å². The second kappa shape index (κ2) is 7.60. The molecule has 0 aliphatic carbocycles. The third-order valence-electron chi connectivity index (χ3n) is 3.63. The number of imidazole rings is 1. The predicted octanol–water partition coefficient (Wildman–Crippen LogP) is 4.02. The van der Waals surface area contributed by atoms with Gasteiger partial charge in [-0.3, -0.25) is 0 Å². The number of unbranched alkanes of at least 4 members (excludes halogenated alkanes) is 1. The van der Waals surface area contributed by atoms with E-state index < -0.39 is 0 Å². The minimum atomic E-state index is 0.491. The molecule has 1 N–H and O–H groups in total. The number of hydrogen-bond acceptors (Lipinski definition) is 3. The Morgan fingerprint density at radius 1 is 1.35 bits per heavy atom. The number of hydrogen-bond donors (Lipinski definition) is 1. The Balaban J connectivity index is 1.70. The van der Waals surface area contributed by atoms with Crippen LogP contribution in [0.25, 0.3) is 0 Å². The van der Waals surface area contributed by atoms with E-state index in [0.29, 0.717) is 12.0 Å². The zero-order valence-corrected chi connectivity index (χ0v) is 13.5. The van der Waals surface area contributed by atoms with Gasteiger partial charge in [-0.15, -0.1) is 11.3 Å². The maximum Gasteiger partial charge on any atom is 0.105 e. The first-order valence-electron chi connectivity index (χ1n) is 7.43. The van der Waals surface area contributed by atoms with Gasteiger partial charge >= 0.3 is 0 Å². The summed E-state index contributed by atoms with van der Waals surface area (Å²) < 4.78 is 2.22. The van der Waals surface area contributed by atoms with Crippen molar-refractivity contribution in [3.05, 3.63) is 40.6 Å². The van der Waals surface area contributed by atoms with Crippen LogP contribution in [-0.4, -0.2) is 16.1 Å². The van der Waals surface area contributed by atoms with Gasteiger partial charge in [-0.05, 0) is 43.7 Å². The topological polar surface area (TPSA) is 29.9 Å². The molecule has 0 aliphatic rings. The molecule has 3 nitrogen and oxygen atoms in total. The third-order valence-corrected chi connectivity index (χ3v) is 4.59. The van der Waals surface area contributed by atoms with Gasteiger partial charge in [0.15, 0.2) is 0 Å². The SMILES string of the molecule is Cc1nccn1CCCCN[C@@H](c1cccs1)C(C)C. The first-order chi connectivity index (χ1) is 9.68. The number of aryl methyl sites for hydroxylation is 2. The fraction of sp³-hybridized carbons (Fsp3) is 0.562. The monoisotopic (exact) mass is 291 g/mol. The summed E-state index contributed by atoms with van der Waals surface area (Å²) in [6.07, 6.45) is 6.33. The highest BCUT2D eigenvalue weighted by Gasteiger charge is 2.15. The Hall–Kier alpha value is -1.13. The summed E-state index contributed by atoms with van der Waals surface area (Å²) >= 11 is 1.85. The van der Waals surface area contributed by atoms with Crippen molar-refractivity contribution >= 4 is 11.3 Å². The summed E-state index contributed by atoms with van der Waals surface area (Å²) in [5, 5.41) is 5.86. The number of aromatic nitrogens is 2. The van der Waals surface area contributed by atoms with Crippen LogP contribution in [0.3, 0.4) is 0 Å². The fourth-order valence-electron chi connectivity index (χ4n) is 2.44. The van der Waals surface area contributed by atoms with Gasteiger partial charge < -0.3 is 9.88 Å². The molecule has 0 aromatic carbocycles. The summed E-state index contributed by atoms with van der Waals surface area (Å²) in [5.41, 5.74) is 0. The van der Waals surface area contributed by atoms with Gasteiger partial charge in [-0.2, -0.15) is 0 Å². The van der Waals surface area contributed by atoms with Gasteiger partial charge in [0, 0.05) is 29.9 Å². The Morgan fingerprint density at radius 2 is 2.20 bits per heavy atom. The number of rotatable bonds is 8. The number of nitrogens with zero attached hydrogens (tertiary/aromatic N) is 2. The largest absolute Gasteiger partial charge is 0.335 e. The average molecular weight is 291 g/mol. The molecule has 2 heterocycles. The summed E-state index contributed by atoms with van der Waals surface area (Å²) in [7, 11) is 0. The third kappa shape index (κ3) is 4.18. The van der Waals surface area contributed by atoms with E-state index >= 15 is 0 Å². The van der Waals surface area contributed by atoms with Crippen LogP contribution in [0.4, 0.5) is 0 Å². The van der Waals surface area contributed by atoms with Crippen LogP contribution in [0.1, 0.15) is 43.4 Å². The second-order valence-electron chi connectivity index (χ2n) is 5.57. The van der Waals surface area contributed by atoms with E-state index in [2.05, 4.69) is 59.3 Å². The Kier molecular flexibility index (Phi) is 5.80. The number of thiophene rings is 1. The highest BCUT2D eigenvalue weighted by atomic mass is 32.1. The van der Waals surface area contributed by atoms with Crippen molar-refractivity contribution in [1.29, 1.82) is 0 Å². The normalized spacial score (nSPS) is 13.0. The lowest BCUT2D eigenvalue weighted by Gasteiger charge is -2.21. The molecule has 2 aromatic heterocycles. The molecule has 0 fully saturated rings. The number of nitrogens with one attached hydrogen (secondary N) is 1. The predicted molar refractivity (Wildman–Crippen MR) is 86.1 cm³/mol. The molecule has 1 atom stereocenters. The zero-order chi connectivity index (χ0) is 14.4. The van der Waals surface area contributed by atoms with Crippen LogP contribution >= 0.6 is 11.3 Å². The molecule has 20 heavy (non-hydrogen) atoms. The van der Waals surface area contributed by atoms with E-state index in [0.717, 1.165) is 18.9 Å². The summed E-state index contributed by atoms with van der Waals surface area (Å²) in [6, 6.07) is 4.86. The van der Waals surface area contributed by atoms with E-state index in [4.69, 9.17) is 0 Å². The van der Waals surface area contributed by atoms with E-state index in [9.17, 15) is 0 Å². The molecule has 0 saturated carbocycles. The van der Waals surface area contributed by atoms with Crippen molar-refractivity contribution in [2.75, 3.05) is 6.54 Å². The van der Waals surface area contributed by atoms with Crippen molar-refractivity contribution in [1.82, 2.24) is 14.9 Å². The zero-order valence-electron chi connectivity index (χ0n) is 12.7. The van der Waals surface area contributed by atoms with E-state index in [1.807, 2.05) is 17.5 Å². The minimum Gasteiger partial charge on any atom is -0.335 e. The molecule has 4 heteroatoms. The van der Waals surface area contributed by atoms with Gasteiger partial charge in [0.2, 0.25) is 0 Å². The second-order valence-corrected chi connectivity index (χ2v) is 6.55. The fourth-order valence-corrected chi connectivity index (χ4v) is 3.41. The van der Waals surface area contributed by atoms with Gasteiger partial charge in [0.1, 0.15) is 5.82 Å². The van der Waals surface area contributed by atoms with Crippen LogP contribution in [0.15, 0.2) is 29.9 Å². The van der Waals surface area contributed by atoms with E-state index in [-0.39, 0.29) is 0 Å². The molecule has 0 aliphatic heterocycles. The van der Waals surface area contributed by atoms with Crippen LogP contribution in [0.2, 0.25) is 0 Å². The molecular weight excluding hydrogens is 266 g/mol. The summed E-state index contributed by atoms with van der Waals surface area (Å²) in [4.78, 5) is 5.70. The lowest BCUT2D eigenvalue weighted by molar-refractivity contribution is 0.409.